The lowest BCUT2D eigenvalue weighted by Crippen LogP contribution is -2.31. The summed E-state index contributed by atoms with van der Waals surface area (Å²) in [5, 5.41) is 20.2. The summed E-state index contributed by atoms with van der Waals surface area (Å²) in [5.41, 5.74) is 5.08. The van der Waals surface area contributed by atoms with Gasteiger partial charge in [0.15, 0.2) is 0 Å². The SMILES string of the molecule is CCNCCNC(=O)c1cc2cc(NC(=O)c3ccc4[nH]c(C(=O)Nc5ccc6[nH]c(C(=O)NCCNCC)cc6c5)cc4c3)ccc2[nH]1. The fourth-order valence-corrected chi connectivity index (χ4v) is 5.54. The van der Waals surface area contributed by atoms with Gasteiger partial charge >= 0.3 is 0 Å². The van der Waals surface area contributed by atoms with Gasteiger partial charge in [-0.3, -0.25) is 19.2 Å². The molecule has 13 heteroatoms. The van der Waals surface area contributed by atoms with E-state index in [2.05, 4.69) is 46.9 Å². The fourth-order valence-electron chi connectivity index (χ4n) is 5.54. The molecule has 9 N–H and O–H groups in total. The summed E-state index contributed by atoms with van der Waals surface area (Å²) >= 11 is 0. The zero-order chi connectivity index (χ0) is 34.3. The molecule has 0 atom stereocenters. The minimum absolute atomic E-state index is 0.194. The number of hydrogen-bond donors (Lipinski definition) is 9. The van der Waals surface area contributed by atoms with Gasteiger partial charge in [0.2, 0.25) is 0 Å². The summed E-state index contributed by atoms with van der Waals surface area (Å²) in [5.74, 6) is -1.04. The Balaban J connectivity index is 1.09. The summed E-state index contributed by atoms with van der Waals surface area (Å²) in [6, 6.07) is 21.2. The molecule has 0 aliphatic rings. The number of nitrogens with one attached hydrogen (secondary N) is 9. The Morgan fingerprint density at radius 3 is 1.41 bits per heavy atom. The highest BCUT2D eigenvalue weighted by Gasteiger charge is 2.15. The number of hydrogen-bond acceptors (Lipinski definition) is 6. The third kappa shape index (κ3) is 7.80. The van der Waals surface area contributed by atoms with Gasteiger partial charge in [-0.05, 0) is 85.9 Å². The second kappa shape index (κ2) is 14.9. The highest BCUT2D eigenvalue weighted by molar-refractivity contribution is 6.10. The van der Waals surface area contributed by atoms with Gasteiger partial charge < -0.3 is 46.9 Å². The van der Waals surface area contributed by atoms with Crippen LogP contribution in [0.1, 0.15) is 55.7 Å². The van der Waals surface area contributed by atoms with Gasteiger partial charge in [-0.2, -0.15) is 0 Å². The Kier molecular flexibility index (Phi) is 10.0. The topological polar surface area (TPSA) is 188 Å². The third-order valence-corrected chi connectivity index (χ3v) is 8.05. The van der Waals surface area contributed by atoms with E-state index in [1.807, 2.05) is 32.0 Å². The lowest BCUT2D eigenvalue weighted by Gasteiger charge is -2.05. The molecule has 252 valence electrons. The van der Waals surface area contributed by atoms with E-state index in [-0.39, 0.29) is 23.6 Å². The van der Waals surface area contributed by atoms with Gasteiger partial charge in [0.1, 0.15) is 17.1 Å². The maximum absolute atomic E-state index is 13.2. The molecule has 0 fully saturated rings. The van der Waals surface area contributed by atoms with Gasteiger partial charge in [-0.1, -0.05) is 13.8 Å². The molecule has 0 aliphatic carbocycles. The predicted octanol–water partition coefficient (Wildman–Crippen LogP) is 4.31. The zero-order valence-electron chi connectivity index (χ0n) is 27.3. The monoisotopic (exact) mass is 661 g/mol. The normalized spacial score (nSPS) is 11.2. The number of rotatable bonds is 14. The highest BCUT2D eigenvalue weighted by Crippen LogP contribution is 2.24. The summed E-state index contributed by atoms with van der Waals surface area (Å²) in [4.78, 5) is 60.7. The lowest BCUT2D eigenvalue weighted by atomic mass is 10.1. The smallest absolute Gasteiger partial charge is 0.272 e. The van der Waals surface area contributed by atoms with Crippen LogP contribution in [0.15, 0.2) is 72.8 Å². The van der Waals surface area contributed by atoms with Gasteiger partial charge in [0.05, 0.1) is 0 Å². The van der Waals surface area contributed by atoms with Crippen LogP contribution in [0.5, 0.6) is 0 Å². The van der Waals surface area contributed by atoms with Crippen molar-refractivity contribution in [3.8, 4) is 0 Å². The van der Waals surface area contributed by atoms with E-state index in [0.29, 0.717) is 71.1 Å². The summed E-state index contributed by atoms with van der Waals surface area (Å²) in [6.45, 7) is 8.11. The molecule has 49 heavy (non-hydrogen) atoms. The zero-order valence-corrected chi connectivity index (χ0v) is 27.3. The largest absolute Gasteiger partial charge is 0.351 e. The second-order valence-corrected chi connectivity index (χ2v) is 11.6. The molecular formula is C36H39N9O4. The standard InChI is InChI=1S/C36H39N9O4/c1-3-37-11-13-39-34(47)30-19-23-16-25(6-9-28(23)43-30)41-33(46)21-5-8-27-22(15-21)18-32(45-27)36(49)42-26-7-10-29-24(17-26)20-31(44-29)35(48)40-14-12-38-4-2/h5-10,15-20,37-38,43-45H,3-4,11-14H2,1-2H3,(H,39,47)(H,40,48)(H,41,46)(H,42,49). The number of fused-ring (bicyclic) bond motifs is 3. The molecule has 6 aromatic rings. The van der Waals surface area contributed by atoms with Gasteiger partial charge in [-0.15, -0.1) is 0 Å². The first-order valence-corrected chi connectivity index (χ1v) is 16.3. The number of anilines is 2. The van der Waals surface area contributed by atoms with Gasteiger partial charge in [0, 0.05) is 75.8 Å². The Morgan fingerprint density at radius 1 is 0.490 bits per heavy atom. The Hall–Kier alpha value is -5.92. The van der Waals surface area contributed by atoms with E-state index in [1.165, 1.54) is 0 Å². The molecule has 3 heterocycles. The number of aromatic amines is 3. The molecule has 3 aromatic carbocycles. The summed E-state index contributed by atoms with van der Waals surface area (Å²) in [7, 11) is 0. The van der Waals surface area contributed by atoms with Crippen LogP contribution in [0.2, 0.25) is 0 Å². The molecule has 3 aromatic heterocycles. The van der Waals surface area contributed by atoms with Crippen LogP contribution in [0.4, 0.5) is 11.4 Å². The minimum atomic E-state index is -0.344. The Labute approximate surface area is 282 Å². The average molecular weight is 662 g/mol. The Morgan fingerprint density at radius 2 is 0.918 bits per heavy atom. The molecule has 0 bridgehead atoms. The van der Waals surface area contributed by atoms with Crippen molar-refractivity contribution in [2.75, 3.05) is 49.9 Å². The van der Waals surface area contributed by atoms with Crippen molar-refractivity contribution in [3.63, 3.8) is 0 Å². The van der Waals surface area contributed by atoms with Crippen molar-refractivity contribution in [2.24, 2.45) is 0 Å². The van der Waals surface area contributed by atoms with Crippen molar-refractivity contribution in [1.82, 2.24) is 36.2 Å². The van der Waals surface area contributed by atoms with E-state index >= 15 is 0 Å². The van der Waals surface area contributed by atoms with E-state index in [1.54, 1.807) is 54.6 Å². The molecule has 13 nitrogen and oxygen atoms in total. The number of H-pyrrole nitrogens is 3. The van der Waals surface area contributed by atoms with Crippen molar-refractivity contribution in [2.45, 2.75) is 13.8 Å². The van der Waals surface area contributed by atoms with Crippen LogP contribution in [0.3, 0.4) is 0 Å². The maximum atomic E-state index is 13.2. The number of benzene rings is 3. The lowest BCUT2D eigenvalue weighted by molar-refractivity contribution is 0.0942. The third-order valence-electron chi connectivity index (χ3n) is 8.05. The number of likely N-dealkylation sites (N-methyl/N-ethyl adjacent to an activating group) is 2. The molecule has 0 saturated heterocycles. The van der Waals surface area contributed by atoms with Crippen LogP contribution in [0.25, 0.3) is 32.7 Å². The number of carbonyl (C=O) groups is 4. The van der Waals surface area contributed by atoms with E-state index in [4.69, 9.17) is 0 Å². The minimum Gasteiger partial charge on any atom is -0.351 e. The molecule has 4 amide bonds. The molecular weight excluding hydrogens is 622 g/mol. The first-order chi connectivity index (χ1) is 23.8. The van der Waals surface area contributed by atoms with Crippen LogP contribution < -0.4 is 31.9 Å². The molecule has 0 unspecified atom stereocenters. The number of amides is 4. The average Bonchev–Trinajstić information content (AvgIpc) is 3.84. The Bertz CT molecular complexity index is 2050. The molecule has 6 rings (SSSR count). The first-order valence-electron chi connectivity index (χ1n) is 16.3. The summed E-state index contributed by atoms with van der Waals surface area (Å²) < 4.78 is 0. The number of carbonyl (C=O) groups excluding carboxylic acids is 4. The van der Waals surface area contributed by atoms with E-state index < -0.39 is 0 Å². The number of aromatic nitrogens is 3. The quantitative estimate of drug-likeness (QED) is 0.0782. The first kappa shape index (κ1) is 33.0. The van der Waals surface area contributed by atoms with Crippen LogP contribution in [-0.4, -0.2) is 77.8 Å². The highest BCUT2D eigenvalue weighted by atomic mass is 16.2. The molecule has 0 saturated carbocycles. The van der Waals surface area contributed by atoms with Crippen LogP contribution >= 0.6 is 0 Å². The summed E-state index contributed by atoms with van der Waals surface area (Å²) in [6.07, 6.45) is 0. The van der Waals surface area contributed by atoms with Crippen LogP contribution in [-0.2, 0) is 0 Å². The van der Waals surface area contributed by atoms with E-state index in [0.717, 1.165) is 34.9 Å². The maximum Gasteiger partial charge on any atom is 0.272 e. The molecule has 0 aliphatic heterocycles. The molecule has 0 radical (unpaired) electrons. The van der Waals surface area contributed by atoms with E-state index in [9.17, 15) is 19.2 Å². The van der Waals surface area contributed by atoms with Gasteiger partial charge in [0.25, 0.3) is 23.6 Å². The second-order valence-electron chi connectivity index (χ2n) is 11.6. The van der Waals surface area contributed by atoms with Crippen LogP contribution in [0, 0.1) is 0 Å². The predicted molar refractivity (Wildman–Crippen MR) is 193 cm³/mol. The van der Waals surface area contributed by atoms with Crippen molar-refractivity contribution in [3.05, 3.63) is 95.4 Å². The van der Waals surface area contributed by atoms with Crippen molar-refractivity contribution in [1.29, 1.82) is 0 Å². The molecule has 0 spiro atoms. The van der Waals surface area contributed by atoms with Crippen molar-refractivity contribution < 1.29 is 19.2 Å². The van der Waals surface area contributed by atoms with Gasteiger partial charge in [-0.25, -0.2) is 0 Å². The fraction of sp³-hybridized carbons (Fsp3) is 0.222. The van der Waals surface area contributed by atoms with Crippen molar-refractivity contribution >= 4 is 67.7 Å².